The van der Waals surface area contributed by atoms with Crippen molar-refractivity contribution in [1.29, 1.82) is 0 Å². The van der Waals surface area contributed by atoms with E-state index in [9.17, 15) is 4.79 Å². The van der Waals surface area contributed by atoms with Crippen LogP contribution in [0, 0.1) is 5.92 Å². The smallest absolute Gasteiger partial charge is 0.225 e. The minimum absolute atomic E-state index is 0.280. The summed E-state index contributed by atoms with van der Waals surface area (Å²) in [5.41, 5.74) is 0.284. The molecule has 2 rings (SSSR count). The van der Waals surface area contributed by atoms with Gasteiger partial charge in [0.2, 0.25) is 5.91 Å². The van der Waals surface area contributed by atoms with Crippen LogP contribution in [0.3, 0.4) is 0 Å². The standard InChI is InChI=1S/C8H13NO/c1-2-6-7(10)9-8(6)4-3-5-8/h6H,2-5H2,1H3,(H,9,10). The molecule has 0 aromatic rings. The van der Waals surface area contributed by atoms with Crippen LogP contribution in [0.5, 0.6) is 0 Å². The van der Waals surface area contributed by atoms with Crippen LogP contribution in [-0.2, 0) is 4.79 Å². The fourth-order valence-electron chi connectivity index (χ4n) is 2.20. The van der Waals surface area contributed by atoms with Crippen molar-refractivity contribution in [3.63, 3.8) is 0 Å². The summed E-state index contributed by atoms with van der Waals surface area (Å²) in [5, 5.41) is 3.02. The molecule has 56 valence electrons. The summed E-state index contributed by atoms with van der Waals surface area (Å²) in [5.74, 6) is 0.628. The van der Waals surface area contributed by atoms with E-state index >= 15 is 0 Å². The van der Waals surface area contributed by atoms with E-state index in [1.54, 1.807) is 0 Å². The van der Waals surface area contributed by atoms with Gasteiger partial charge in [-0.1, -0.05) is 6.92 Å². The van der Waals surface area contributed by atoms with Crippen molar-refractivity contribution in [3.05, 3.63) is 0 Å². The lowest BCUT2D eigenvalue weighted by molar-refractivity contribution is -0.147. The summed E-state index contributed by atoms with van der Waals surface area (Å²) in [7, 11) is 0. The molecule has 1 aliphatic heterocycles. The maximum atomic E-state index is 11.0. The Bertz CT molecular complexity index is 172. The highest BCUT2D eigenvalue weighted by molar-refractivity contribution is 5.88. The second-order valence-corrected chi connectivity index (χ2v) is 3.46. The highest BCUT2D eigenvalue weighted by atomic mass is 16.2. The second-order valence-electron chi connectivity index (χ2n) is 3.46. The number of amides is 1. The van der Waals surface area contributed by atoms with E-state index in [0.29, 0.717) is 5.92 Å². The SMILES string of the molecule is CCC1C(=O)NC12CCC2. The van der Waals surface area contributed by atoms with Gasteiger partial charge < -0.3 is 5.32 Å². The van der Waals surface area contributed by atoms with Crippen molar-refractivity contribution in [2.24, 2.45) is 5.92 Å². The van der Waals surface area contributed by atoms with Gasteiger partial charge in [-0.15, -0.1) is 0 Å². The van der Waals surface area contributed by atoms with E-state index in [2.05, 4.69) is 12.2 Å². The number of β-lactam (4-membered cyclic amide) rings is 1. The third kappa shape index (κ3) is 0.522. The number of hydrogen-bond donors (Lipinski definition) is 1. The number of carbonyl (C=O) groups excluding carboxylic acids is 1. The largest absolute Gasteiger partial charge is 0.350 e. The van der Waals surface area contributed by atoms with Crippen molar-refractivity contribution in [1.82, 2.24) is 5.32 Å². The fraction of sp³-hybridized carbons (Fsp3) is 0.875. The number of carbonyl (C=O) groups is 1. The molecule has 1 spiro atoms. The Morgan fingerprint density at radius 1 is 1.70 bits per heavy atom. The van der Waals surface area contributed by atoms with E-state index in [4.69, 9.17) is 0 Å². The van der Waals surface area contributed by atoms with Gasteiger partial charge in [0.15, 0.2) is 0 Å². The van der Waals surface area contributed by atoms with Gasteiger partial charge in [-0.25, -0.2) is 0 Å². The molecule has 1 atom stereocenters. The Balaban J connectivity index is 2.07. The van der Waals surface area contributed by atoms with Crippen LogP contribution < -0.4 is 5.32 Å². The normalized spacial score (nSPS) is 34.5. The van der Waals surface area contributed by atoms with Crippen molar-refractivity contribution in [2.45, 2.75) is 38.1 Å². The van der Waals surface area contributed by atoms with Crippen molar-refractivity contribution < 1.29 is 4.79 Å². The number of hydrogen-bond acceptors (Lipinski definition) is 1. The Hall–Kier alpha value is -0.530. The molecule has 2 heteroatoms. The Morgan fingerprint density at radius 2 is 2.40 bits per heavy atom. The third-order valence-electron chi connectivity index (χ3n) is 3.01. The van der Waals surface area contributed by atoms with Crippen LogP contribution in [0.1, 0.15) is 32.6 Å². The van der Waals surface area contributed by atoms with Gasteiger partial charge in [0.05, 0.1) is 11.5 Å². The van der Waals surface area contributed by atoms with Gasteiger partial charge in [-0.3, -0.25) is 4.79 Å². The predicted molar refractivity (Wildman–Crippen MR) is 38.5 cm³/mol. The van der Waals surface area contributed by atoms with E-state index in [-0.39, 0.29) is 11.4 Å². The molecule has 2 fully saturated rings. The maximum absolute atomic E-state index is 11.0. The molecule has 2 aliphatic rings. The quantitative estimate of drug-likeness (QED) is 0.541. The molecule has 1 unspecified atom stereocenters. The van der Waals surface area contributed by atoms with Crippen molar-refractivity contribution >= 4 is 5.91 Å². The molecule has 1 saturated heterocycles. The summed E-state index contributed by atoms with van der Waals surface area (Å²) in [4.78, 5) is 11.0. The molecule has 1 heterocycles. The van der Waals surface area contributed by atoms with E-state index in [0.717, 1.165) is 6.42 Å². The molecular formula is C8H13NO. The highest BCUT2D eigenvalue weighted by Crippen LogP contribution is 2.45. The second kappa shape index (κ2) is 1.74. The first kappa shape index (κ1) is 6.20. The topological polar surface area (TPSA) is 29.1 Å². The molecule has 0 aromatic carbocycles. The van der Waals surface area contributed by atoms with Crippen LogP contribution in [-0.4, -0.2) is 11.4 Å². The minimum Gasteiger partial charge on any atom is -0.350 e. The summed E-state index contributed by atoms with van der Waals surface area (Å²) < 4.78 is 0. The Labute approximate surface area is 61.0 Å². The molecule has 1 amide bonds. The lowest BCUT2D eigenvalue weighted by Crippen LogP contribution is -2.72. The van der Waals surface area contributed by atoms with Gasteiger partial charge >= 0.3 is 0 Å². The summed E-state index contributed by atoms with van der Waals surface area (Å²) in [6, 6.07) is 0. The third-order valence-corrected chi connectivity index (χ3v) is 3.01. The van der Waals surface area contributed by atoms with Gasteiger partial charge in [0.25, 0.3) is 0 Å². The van der Waals surface area contributed by atoms with Crippen molar-refractivity contribution in [3.8, 4) is 0 Å². The zero-order valence-electron chi connectivity index (χ0n) is 6.31. The monoisotopic (exact) mass is 139 g/mol. The van der Waals surface area contributed by atoms with E-state index < -0.39 is 0 Å². The molecule has 0 radical (unpaired) electrons. The van der Waals surface area contributed by atoms with E-state index in [1.807, 2.05) is 0 Å². The molecule has 1 N–H and O–H groups in total. The molecule has 1 aliphatic carbocycles. The van der Waals surface area contributed by atoms with Crippen LogP contribution in [0.25, 0.3) is 0 Å². The Morgan fingerprint density at radius 3 is 2.60 bits per heavy atom. The average Bonchev–Trinajstić information content (AvgIpc) is 1.79. The van der Waals surface area contributed by atoms with E-state index in [1.165, 1.54) is 19.3 Å². The molecule has 0 aromatic heterocycles. The minimum atomic E-state index is 0.280. The first-order valence-corrected chi connectivity index (χ1v) is 4.10. The highest BCUT2D eigenvalue weighted by Gasteiger charge is 2.55. The lowest BCUT2D eigenvalue weighted by Gasteiger charge is -2.55. The maximum Gasteiger partial charge on any atom is 0.225 e. The fourth-order valence-corrected chi connectivity index (χ4v) is 2.20. The summed E-state index contributed by atoms with van der Waals surface area (Å²) >= 11 is 0. The lowest BCUT2D eigenvalue weighted by atomic mass is 9.61. The summed E-state index contributed by atoms with van der Waals surface area (Å²) in [6.45, 7) is 2.10. The number of rotatable bonds is 1. The predicted octanol–water partition coefficient (Wildman–Crippen LogP) is 1.07. The zero-order chi connectivity index (χ0) is 7.19. The number of nitrogens with one attached hydrogen (secondary N) is 1. The molecule has 0 bridgehead atoms. The molecular weight excluding hydrogens is 126 g/mol. The first-order valence-electron chi connectivity index (χ1n) is 4.10. The molecule has 2 nitrogen and oxygen atoms in total. The zero-order valence-corrected chi connectivity index (χ0v) is 6.31. The Kier molecular flexibility index (Phi) is 1.08. The van der Waals surface area contributed by atoms with Crippen LogP contribution >= 0.6 is 0 Å². The van der Waals surface area contributed by atoms with Crippen LogP contribution in [0.15, 0.2) is 0 Å². The van der Waals surface area contributed by atoms with Gasteiger partial charge in [-0.05, 0) is 25.7 Å². The molecule has 10 heavy (non-hydrogen) atoms. The van der Waals surface area contributed by atoms with Gasteiger partial charge in [0, 0.05) is 0 Å². The first-order chi connectivity index (χ1) is 4.78. The summed E-state index contributed by atoms with van der Waals surface area (Å²) in [6.07, 6.45) is 4.76. The molecule has 1 saturated carbocycles. The van der Waals surface area contributed by atoms with Gasteiger partial charge in [-0.2, -0.15) is 0 Å². The van der Waals surface area contributed by atoms with Crippen LogP contribution in [0.4, 0.5) is 0 Å². The van der Waals surface area contributed by atoms with Crippen LogP contribution in [0.2, 0.25) is 0 Å². The van der Waals surface area contributed by atoms with Crippen molar-refractivity contribution in [2.75, 3.05) is 0 Å². The van der Waals surface area contributed by atoms with Gasteiger partial charge in [0.1, 0.15) is 0 Å². The average molecular weight is 139 g/mol.